The van der Waals surface area contributed by atoms with E-state index in [9.17, 15) is 4.79 Å². The molecule has 0 aliphatic carbocycles. The van der Waals surface area contributed by atoms with Gasteiger partial charge in [0.05, 0.1) is 0 Å². The number of benzene rings is 2. The zero-order chi connectivity index (χ0) is 16.4. The van der Waals surface area contributed by atoms with Crippen LogP contribution in [-0.2, 0) is 0 Å². The predicted octanol–water partition coefficient (Wildman–Crippen LogP) is 4.52. The average molecular weight is 306 g/mol. The van der Waals surface area contributed by atoms with Crippen LogP contribution in [0.15, 0.2) is 53.1 Å². The number of carbonyl (C=O) groups excluding carboxylic acids is 1. The van der Waals surface area contributed by atoms with Crippen molar-refractivity contribution in [2.75, 3.05) is 5.32 Å². The van der Waals surface area contributed by atoms with Gasteiger partial charge in [-0.1, -0.05) is 35.5 Å². The first kappa shape index (κ1) is 15.0. The summed E-state index contributed by atoms with van der Waals surface area (Å²) in [6.45, 7) is 6.04. The van der Waals surface area contributed by atoms with Gasteiger partial charge >= 0.3 is 0 Å². The molecule has 0 saturated carbocycles. The molecule has 1 N–H and O–H groups in total. The van der Waals surface area contributed by atoms with E-state index >= 15 is 0 Å². The maximum atomic E-state index is 12.3. The largest absolute Gasteiger partial charge is 0.355 e. The van der Waals surface area contributed by atoms with Crippen LogP contribution in [0.2, 0.25) is 0 Å². The number of para-hydroxylation sites is 1. The number of amides is 1. The van der Waals surface area contributed by atoms with Gasteiger partial charge in [0, 0.05) is 17.3 Å². The van der Waals surface area contributed by atoms with E-state index in [4.69, 9.17) is 4.52 Å². The van der Waals surface area contributed by atoms with E-state index in [1.54, 1.807) is 6.07 Å². The number of aromatic nitrogens is 1. The number of nitrogens with zero attached hydrogens (tertiary/aromatic N) is 1. The molecule has 0 saturated heterocycles. The SMILES string of the molecule is Cc1ccc(-c2cc(C(=O)Nc3ccccc3C)no2)cc1C. The quantitative estimate of drug-likeness (QED) is 0.774. The maximum absolute atomic E-state index is 12.3. The summed E-state index contributed by atoms with van der Waals surface area (Å²) in [5.41, 5.74) is 5.33. The third-order valence-electron chi connectivity index (χ3n) is 3.93. The van der Waals surface area contributed by atoms with Gasteiger partial charge in [-0.2, -0.15) is 0 Å². The Morgan fingerprint density at radius 3 is 2.48 bits per heavy atom. The fourth-order valence-electron chi connectivity index (χ4n) is 2.31. The summed E-state index contributed by atoms with van der Waals surface area (Å²) in [5.74, 6) is 0.307. The molecule has 116 valence electrons. The summed E-state index contributed by atoms with van der Waals surface area (Å²) in [5, 5.41) is 6.73. The molecule has 0 unspecified atom stereocenters. The van der Waals surface area contributed by atoms with Crippen LogP contribution in [0.1, 0.15) is 27.2 Å². The highest BCUT2D eigenvalue weighted by Gasteiger charge is 2.14. The number of nitrogens with one attached hydrogen (secondary N) is 1. The van der Waals surface area contributed by atoms with Gasteiger partial charge in [-0.3, -0.25) is 4.79 Å². The lowest BCUT2D eigenvalue weighted by Gasteiger charge is -2.05. The van der Waals surface area contributed by atoms with Gasteiger partial charge in [-0.05, 0) is 49.6 Å². The number of rotatable bonds is 3. The molecular weight excluding hydrogens is 288 g/mol. The van der Waals surface area contributed by atoms with Crippen molar-refractivity contribution in [1.29, 1.82) is 0 Å². The lowest BCUT2D eigenvalue weighted by molar-refractivity contribution is 0.101. The molecule has 0 atom stereocenters. The average Bonchev–Trinajstić information content (AvgIpc) is 3.02. The second-order valence-electron chi connectivity index (χ2n) is 5.64. The molecule has 0 aliphatic heterocycles. The van der Waals surface area contributed by atoms with E-state index in [0.29, 0.717) is 5.76 Å². The van der Waals surface area contributed by atoms with Crippen molar-refractivity contribution in [3.8, 4) is 11.3 Å². The van der Waals surface area contributed by atoms with Crippen LogP contribution in [-0.4, -0.2) is 11.1 Å². The molecule has 4 heteroatoms. The van der Waals surface area contributed by atoms with Crippen molar-refractivity contribution in [2.45, 2.75) is 20.8 Å². The highest BCUT2D eigenvalue weighted by Crippen LogP contribution is 2.23. The van der Waals surface area contributed by atoms with Crippen molar-refractivity contribution in [3.63, 3.8) is 0 Å². The third kappa shape index (κ3) is 3.16. The molecule has 0 bridgehead atoms. The van der Waals surface area contributed by atoms with E-state index in [0.717, 1.165) is 16.8 Å². The standard InChI is InChI=1S/C19H18N2O2/c1-12-8-9-15(10-14(12)3)18-11-17(21-23-18)19(22)20-16-7-5-4-6-13(16)2/h4-11H,1-3H3,(H,20,22). The molecule has 0 spiro atoms. The third-order valence-corrected chi connectivity index (χ3v) is 3.93. The van der Waals surface area contributed by atoms with Gasteiger partial charge in [0.15, 0.2) is 11.5 Å². The monoisotopic (exact) mass is 306 g/mol. The molecule has 0 aliphatic rings. The molecule has 0 fully saturated rings. The number of carbonyl (C=O) groups is 1. The molecule has 3 rings (SSSR count). The summed E-state index contributed by atoms with van der Waals surface area (Å²) in [7, 11) is 0. The van der Waals surface area contributed by atoms with Gasteiger partial charge in [-0.15, -0.1) is 0 Å². The second-order valence-corrected chi connectivity index (χ2v) is 5.64. The number of hydrogen-bond acceptors (Lipinski definition) is 3. The Bertz CT molecular complexity index is 865. The second kappa shape index (κ2) is 6.08. The zero-order valence-corrected chi connectivity index (χ0v) is 13.4. The van der Waals surface area contributed by atoms with E-state index in [1.807, 2.05) is 56.3 Å². The molecule has 1 aromatic heterocycles. The minimum Gasteiger partial charge on any atom is -0.355 e. The number of anilines is 1. The van der Waals surface area contributed by atoms with Crippen LogP contribution in [0.3, 0.4) is 0 Å². The number of aryl methyl sites for hydroxylation is 3. The first-order valence-electron chi connectivity index (χ1n) is 7.46. The summed E-state index contributed by atoms with van der Waals surface area (Å²) in [6.07, 6.45) is 0. The van der Waals surface area contributed by atoms with Crippen LogP contribution in [0, 0.1) is 20.8 Å². The first-order chi connectivity index (χ1) is 11.0. The summed E-state index contributed by atoms with van der Waals surface area (Å²) in [4.78, 5) is 12.3. The molecule has 1 heterocycles. The molecule has 1 amide bonds. The fourth-order valence-corrected chi connectivity index (χ4v) is 2.31. The van der Waals surface area contributed by atoms with Crippen molar-refractivity contribution >= 4 is 11.6 Å². The van der Waals surface area contributed by atoms with Crippen molar-refractivity contribution in [2.24, 2.45) is 0 Å². The smallest absolute Gasteiger partial charge is 0.277 e. The summed E-state index contributed by atoms with van der Waals surface area (Å²) in [6, 6.07) is 15.3. The summed E-state index contributed by atoms with van der Waals surface area (Å²) >= 11 is 0. The van der Waals surface area contributed by atoms with Crippen molar-refractivity contribution in [3.05, 3.63) is 70.9 Å². The summed E-state index contributed by atoms with van der Waals surface area (Å²) < 4.78 is 5.32. The van der Waals surface area contributed by atoms with Gasteiger partial charge in [0.1, 0.15) is 0 Å². The highest BCUT2D eigenvalue weighted by molar-refractivity contribution is 6.03. The first-order valence-corrected chi connectivity index (χ1v) is 7.46. The van der Waals surface area contributed by atoms with Gasteiger partial charge in [0.25, 0.3) is 5.91 Å². The minimum absolute atomic E-state index is 0.265. The van der Waals surface area contributed by atoms with Crippen molar-refractivity contribution in [1.82, 2.24) is 5.16 Å². The molecule has 23 heavy (non-hydrogen) atoms. The van der Waals surface area contributed by atoms with Crippen LogP contribution in [0.4, 0.5) is 5.69 Å². The van der Waals surface area contributed by atoms with E-state index in [-0.39, 0.29) is 11.6 Å². The lowest BCUT2D eigenvalue weighted by atomic mass is 10.0. The molecule has 3 aromatic rings. The van der Waals surface area contributed by atoms with E-state index in [1.165, 1.54) is 11.1 Å². The van der Waals surface area contributed by atoms with Crippen LogP contribution in [0.25, 0.3) is 11.3 Å². The van der Waals surface area contributed by atoms with Crippen molar-refractivity contribution < 1.29 is 9.32 Å². The van der Waals surface area contributed by atoms with Gasteiger partial charge in [-0.25, -0.2) is 0 Å². The Labute approximate surface area is 135 Å². The number of hydrogen-bond donors (Lipinski definition) is 1. The molecule has 0 radical (unpaired) electrons. The van der Waals surface area contributed by atoms with E-state index < -0.39 is 0 Å². The molecule has 2 aromatic carbocycles. The fraction of sp³-hybridized carbons (Fsp3) is 0.158. The van der Waals surface area contributed by atoms with Crippen LogP contribution < -0.4 is 5.32 Å². The van der Waals surface area contributed by atoms with E-state index in [2.05, 4.69) is 17.4 Å². The molecular formula is C19H18N2O2. The molecule has 4 nitrogen and oxygen atoms in total. The maximum Gasteiger partial charge on any atom is 0.277 e. The minimum atomic E-state index is -0.280. The normalized spacial score (nSPS) is 10.6. The highest BCUT2D eigenvalue weighted by atomic mass is 16.5. The van der Waals surface area contributed by atoms with Gasteiger partial charge in [0.2, 0.25) is 0 Å². The Balaban J connectivity index is 1.82. The zero-order valence-electron chi connectivity index (χ0n) is 13.4. The lowest BCUT2D eigenvalue weighted by Crippen LogP contribution is -2.12. The topological polar surface area (TPSA) is 55.1 Å². The Kier molecular flexibility index (Phi) is 3.98. The Hall–Kier alpha value is -2.88. The predicted molar refractivity (Wildman–Crippen MR) is 90.5 cm³/mol. The van der Waals surface area contributed by atoms with Crippen LogP contribution in [0.5, 0.6) is 0 Å². The Morgan fingerprint density at radius 2 is 1.74 bits per heavy atom. The van der Waals surface area contributed by atoms with Gasteiger partial charge < -0.3 is 9.84 Å². The van der Waals surface area contributed by atoms with Crippen LogP contribution >= 0.6 is 0 Å². The Morgan fingerprint density at radius 1 is 0.957 bits per heavy atom.